The average molecular weight is 297 g/mol. The van der Waals surface area contributed by atoms with E-state index in [0.717, 1.165) is 26.1 Å². The summed E-state index contributed by atoms with van der Waals surface area (Å²) in [5.41, 5.74) is 0.317. The third kappa shape index (κ3) is 6.12. The summed E-state index contributed by atoms with van der Waals surface area (Å²) in [6.07, 6.45) is 10.9. The van der Waals surface area contributed by atoms with Crippen molar-refractivity contribution in [2.75, 3.05) is 19.6 Å². The fourth-order valence-corrected chi connectivity index (χ4v) is 3.88. The second-order valence-corrected chi connectivity index (χ2v) is 6.02. The van der Waals surface area contributed by atoms with Crippen LogP contribution in [0.1, 0.15) is 79.6 Å². The second kappa shape index (κ2) is 12.2. The van der Waals surface area contributed by atoms with E-state index in [4.69, 9.17) is 0 Å². The van der Waals surface area contributed by atoms with Gasteiger partial charge in [0.2, 0.25) is 0 Å². The first kappa shape index (κ1) is 20.7. The number of hydrogen-bond acceptors (Lipinski definition) is 2. The first-order valence-electron chi connectivity index (χ1n) is 9.25. The molecule has 0 saturated heterocycles. The fourth-order valence-electron chi connectivity index (χ4n) is 3.88. The van der Waals surface area contributed by atoms with Gasteiger partial charge >= 0.3 is 0 Å². The standard InChI is InChI=1S/C19H40N2/c1-7-13-14-15-16-17-18(20-10-4)19(8-2,9-3)21(11-5)12-6/h7,18,20H,1,8-17H2,2-6H3. The van der Waals surface area contributed by atoms with E-state index >= 15 is 0 Å². The molecule has 0 amide bonds. The molecule has 1 N–H and O–H groups in total. The van der Waals surface area contributed by atoms with Crippen molar-refractivity contribution in [1.82, 2.24) is 10.2 Å². The lowest BCUT2D eigenvalue weighted by Crippen LogP contribution is -2.60. The predicted molar refractivity (Wildman–Crippen MR) is 97.0 cm³/mol. The molecule has 1 unspecified atom stereocenters. The average Bonchev–Trinajstić information content (AvgIpc) is 2.51. The van der Waals surface area contributed by atoms with Crippen molar-refractivity contribution in [3.8, 4) is 0 Å². The molecule has 0 bridgehead atoms. The maximum absolute atomic E-state index is 3.81. The van der Waals surface area contributed by atoms with Crippen LogP contribution in [-0.2, 0) is 0 Å². The molecule has 0 aromatic rings. The zero-order chi connectivity index (χ0) is 16.1. The van der Waals surface area contributed by atoms with Crippen molar-refractivity contribution in [2.24, 2.45) is 0 Å². The van der Waals surface area contributed by atoms with Crippen LogP contribution in [0.4, 0.5) is 0 Å². The highest BCUT2D eigenvalue weighted by atomic mass is 15.2. The molecule has 1 atom stereocenters. The van der Waals surface area contributed by atoms with Gasteiger partial charge in [-0.1, -0.05) is 53.5 Å². The minimum absolute atomic E-state index is 0.317. The number of unbranched alkanes of at least 4 members (excludes halogenated alkanes) is 3. The van der Waals surface area contributed by atoms with Gasteiger partial charge in [0, 0.05) is 11.6 Å². The Balaban J connectivity index is 4.84. The number of likely N-dealkylation sites (N-methyl/N-ethyl adjacent to an activating group) is 2. The minimum atomic E-state index is 0.317. The van der Waals surface area contributed by atoms with Crippen molar-refractivity contribution in [3.63, 3.8) is 0 Å². The third-order valence-corrected chi connectivity index (χ3v) is 5.12. The molecule has 0 aliphatic rings. The Morgan fingerprint density at radius 1 is 1.00 bits per heavy atom. The summed E-state index contributed by atoms with van der Waals surface area (Å²) >= 11 is 0. The molecular formula is C19H40N2. The number of allylic oxidation sites excluding steroid dienone is 1. The zero-order valence-electron chi connectivity index (χ0n) is 15.4. The minimum Gasteiger partial charge on any atom is -0.312 e. The molecule has 0 radical (unpaired) electrons. The van der Waals surface area contributed by atoms with Gasteiger partial charge in [-0.25, -0.2) is 0 Å². The number of hydrogen-bond donors (Lipinski definition) is 1. The monoisotopic (exact) mass is 296 g/mol. The molecule has 0 aliphatic carbocycles. The highest BCUT2D eigenvalue weighted by Gasteiger charge is 2.38. The summed E-state index contributed by atoms with van der Waals surface area (Å²) in [7, 11) is 0. The van der Waals surface area contributed by atoms with Gasteiger partial charge in [-0.2, -0.15) is 0 Å². The van der Waals surface area contributed by atoms with Crippen LogP contribution < -0.4 is 5.32 Å². The Morgan fingerprint density at radius 3 is 2.05 bits per heavy atom. The van der Waals surface area contributed by atoms with Crippen LogP contribution in [-0.4, -0.2) is 36.1 Å². The molecule has 0 aliphatic heterocycles. The molecule has 0 heterocycles. The Hall–Kier alpha value is -0.340. The Labute approximate surface area is 134 Å². The van der Waals surface area contributed by atoms with Gasteiger partial charge < -0.3 is 5.32 Å². The van der Waals surface area contributed by atoms with E-state index in [1.54, 1.807) is 0 Å². The van der Waals surface area contributed by atoms with E-state index in [1.165, 1.54) is 38.5 Å². The van der Waals surface area contributed by atoms with E-state index in [1.807, 2.05) is 6.08 Å². The summed E-state index contributed by atoms with van der Waals surface area (Å²) in [6.45, 7) is 18.8. The van der Waals surface area contributed by atoms with E-state index < -0.39 is 0 Å². The van der Waals surface area contributed by atoms with Gasteiger partial charge in [-0.05, 0) is 51.7 Å². The molecule has 2 heteroatoms. The Morgan fingerprint density at radius 2 is 1.62 bits per heavy atom. The van der Waals surface area contributed by atoms with Crippen molar-refractivity contribution >= 4 is 0 Å². The normalized spacial score (nSPS) is 13.6. The molecule has 0 rings (SSSR count). The van der Waals surface area contributed by atoms with Gasteiger partial charge in [0.05, 0.1) is 0 Å². The van der Waals surface area contributed by atoms with Crippen LogP contribution in [0.3, 0.4) is 0 Å². The molecular weight excluding hydrogens is 256 g/mol. The lowest BCUT2D eigenvalue weighted by atomic mass is 9.79. The van der Waals surface area contributed by atoms with Crippen molar-refractivity contribution < 1.29 is 0 Å². The van der Waals surface area contributed by atoms with Gasteiger partial charge in [-0.3, -0.25) is 4.90 Å². The highest BCUT2D eigenvalue weighted by Crippen LogP contribution is 2.31. The first-order chi connectivity index (χ1) is 10.2. The van der Waals surface area contributed by atoms with Crippen LogP contribution in [0.2, 0.25) is 0 Å². The summed E-state index contributed by atoms with van der Waals surface area (Å²) in [4.78, 5) is 2.68. The molecule has 0 saturated carbocycles. The van der Waals surface area contributed by atoms with Gasteiger partial charge in [-0.15, -0.1) is 6.58 Å². The molecule has 0 aromatic carbocycles. The first-order valence-corrected chi connectivity index (χ1v) is 9.25. The van der Waals surface area contributed by atoms with Crippen molar-refractivity contribution in [2.45, 2.75) is 91.1 Å². The lowest BCUT2D eigenvalue weighted by Gasteiger charge is -2.48. The molecule has 0 fully saturated rings. The van der Waals surface area contributed by atoms with Crippen molar-refractivity contribution in [3.05, 3.63) is 12.7 Å². The molecule has 2 nitrogen and oxygen atoms in total. The lowest BCUT2D eigenvalue weighted by molar-refractivity contribution is 0.0457. The molecule has 21 heavy (non-hydrogen) atoms. The molecule has 126 valence electrons. The number of rotatable bonds is 14. The van der Waals surface area contributed by atoms with E-state index in [-0.39, 0.29) is 0 Å². The van der Waals surface area contributed by atoms with Crippen LogP contribution >= 0.6 is 0 Å². The maximum Gasteiger partial charge on any atom is 0.0357 e. The second-order valence-electron chi connectivity index (χ2n) is 6.02. The summed E-state index contributed by atoms with van der Waals surface area (Å²) in [5, 5.41) is 3.80. The van der Waals surface area contributed by atoms with Gasteiger partial charge in [0.25, 0.3) is 0 Å². The van der Waals surface area contributed by atoms with Crippen LogP contribution in [0.5, 0.6) is 0 Å². The third-order valence-electron chi connectivity index (χ3n) is 5.12. The maximum atomic E-state index is 3.81. The topological polar surface area (TPSA) is 15.3 Å². The Bertz CT molecular complexity index is 242. The predicted octanol–water partition coefficient (Wildman–Crippen LogP) is 5.00. The number of nitrogens with one attached hydrogen (secondary N) is 1. The molecule has 0 spiro atoms. The van der Waals surface area contributed by atoms with Gasteiger partial charge in [0.15, 0.2) is 0 Å². The summed E-state index contributed by atoms with van der Waals surface area (Å²) in [6, 6.07) is 0.612. The summed E-state index contributed by atoms with van der Waals surface area (Å²) in [5.74, 6) is 0. The summed E-state index contributed by atoms with van der Waals surface area (Å²) < 4.78 is 0. The largest absolute Gasteiger partial charge is 0.312 e. The van der Waals surface area contributed by atoms with Crippen LogP contribution in [0, 0.1) is 0 Å². The number of nitrogens with zero attached hydrogens (tertiary/aromatic N) is 1. The van der Waals surface area contributed by atoms with Crippen LogP contribution in [0.25, 0.3) is 0 Å². The van der Waals surface area contributed by atoms with Crippen molar-refractivity contribution in [1.29, 1.82) is 0 Å². The molecule has 0 aromatic heterocycles. The quantitative estimate of drug-likeness (QED) is 0.358. The van der Waals surface area contributed by atoms with E-state index in [9.17, 15) is 0 Å². The van der Waals surface area contributed by atoms with Gasteiger partial charge in [0.1, 0.15) is 0 Å². The SMILES string of the molecule is C=CCCCCCC(NCC)C(CC)(CC)N(CC)CC. The van der Waals surface area contributed by atoms with Crippen LogP contribution in [0.15, 0.2) is 12.7 Å². The van der Waals surface area contributed by atoms with E-state index in [0.29, 0.717) is 11.6 Å². The fraction of sp³-hybridized carbons (Fsp3) is 0.895. The van der Waals surface area contributed by atoms with E-state index in [2.05, 4.69) is 51.4 Å². The zero-order valence-corrected chi connectivity index (χ0v) is 15.4. The Kier molecular flexibility index (Phi) is 12.0. The highest BCUT2D eigenvalue weighted by molar-refractivity contribution is 4.98. The smallest absolute Gasteiger partial charge is 0.0357 e.